The summed E-state index contributed by atoms with van der Waals surface area (Å²) in [6.07, 6.45) is 6.71. The number of rotatable bonds is 3. The Labute approximate surface area is 110 Å². The molecule has 1 saturated heterocycles. The lowest BCUT2D eigenvalue weighted by Gasteiger charge is -2.28. The van der Waals surface area contributed by atoms with Crippen LogP contribution in [0.4, 0.5) is 0 Å². The second-order valence-corrected chi connectivity index (χ2v) is 4.45. The van der Waals surface area contributed by atoms with Gasteiger partial charge in [0.15, 0.2) is 0 Å². The molecule has 1 aromatic rings. The molecule has 1 heterocycles. The quantitative estimate of drug-likeness (QED) is 0.896. The zero-order valence-electron chi connectivity index (χ0n) is 10.1. The van der Waals surface area contributed by atoms with Gasteiger partial charge in [-0.25, -0.2) is 0 Å². The molecule has 0 unspecified atom stereocenters. The highest BCUT2D eigenvalue weighted by Gasteiger charge is 2.13. The Morgan fingerprint density at radius 1 is 1.18 bits per heavy atom. The molecule has 1 aromatic carbocycles. The van der Waals surface area contributed by atoms with Gasteiger partial charge in [-0.15, -0.1) is 12.4 Å². The molecule has 0 aromatic heterocycles. The van der Waals surface area contributed by atoms with Crippen LogP contribution in [0.3, 0.4) is 0 Å². The lowest BCUT2D eigenvalue weighted by Crippen LogP contribution is -2.39. The minimum atomic E-state index is 0. The Morgan fingerprint density at radius 2 is 1.82 bits per heavy atom. The van der Waals surface area contributed by atoms with Gasteiger partial charge >= 0.3 is 0 Å². The molecule has 2 N–H and O–H groups in total. The van der Waals surface area contributed by atoms with Crippen LogP contribution < -0.4 is 5.73 Å². The van der Waals surface area contributed by atoms with Crippen LogP contribution in [0.1, 0.15) is 18.4 Å². The number of halogens is 1. The number of nitrogens with zero attached hydrogens (tertiary/aromatic N) is 1. The van der Waals surface area contributed by atoms with Gasteiger partial charge < -0.3 is 5.73 Å². The predicted molar refractivity (Wildman–Crippen MR) is 76.4 cm³/mol. The molecule has 0 atom stereocenters. The summed E-state index contributed by atoms with van der Waals surface area (Å²) in [5, 5.41) is 0. The van der Waals surface area contributed by atoms with Crippen molar-refractivity contribution < 1.29 is 0 Å². The molecule has 0 amide bonds. The Kier molecular flexibility index (Phi) is 6.27. The zero-order valence-corrected chi connectivity index (χ0v) is 10.9. The first-order valence-corrected chi connectivity index (χ1v) is 6.04. The molecular weight excluding hydrogens is 232 g/mol. The van der Waals surface area contributed by atoms with E-state index in [9.17, 15) is 0 Å². The first-order chi connectivity index (χ1) is 7.84. The molecule has 3 heteroatoms. The number of hydrogen-bond donors (Lipinski definition) is 1. The maximum atomic E-state index is 5.87. The van der Waals surface area contributed by atoms with Crippen molar-refractivity contribution >= 4 is 18.5 Å². The van der Waals surface area contributed by atoms with E-state index in [1.165, 1.54) is 5.56 Å². The molecule has 2 nitrogen and oxygen atoms in total. The minimum Gasteiger partial charge on any atom is -0.328 e. The molecule has 1 fully saturated rings. The predicted octanol–water partition coefficient (Wildman–Crippen LogP) is 2.54. The highest BCUT2D eigenvalue weighted by Crippen LogP contribution is 2.08. The van der Waals surface area contributed by atoms with Crippen LogP contribution in [-0.4, -0.2) is 30.6 Å². The SMILES string of the molecule is Cl.NC1CCN(C/C=C/c2ccccc2)CC1. The number of benzene rings is 1. The Hall–Kier alpha value is -0.830. The van der Waals surface area contributed by atoms with Gasteiger partial charge in [-0.1, -0.05) is 42.5 Å². The van der Waals surface area contributed by atoms with Crippen LogP contribution >= 0.6 is 12.4 Å². The van der Waals surface area contributed by atoms with Crippen LogP contribution in [0.2, 0.25) is 0 Å². The Balaban J connectivity index is 0.00000144. The van der Waals surface area contributed by atoms with Gasteiger partial charge in [-0.05, 0) is 31.5 Å². The zero-order chi connectivity index (χ0) is 11.2. The summed E-state index contributed by atoms with van der Waals surface area (Å²) in [6.45, 7) is 3.32. The van der Waals surface area contributed by atoms with E-state index in [1.807, 2.05) is 6.07 Å². The number of piperidine rings is 1. The van der Waals surface area contributed by atoms with Crippen molar-refractivity contribution in [3.05, 3.63) is 42.0 Å². The van der Waals surface area contributed by atoms with Gasteiger partial charge in [0.2, 0.25) is 0 Å². The molecule has 94 valence electrons. The molecule has 0 bridgehead atoms. The van der Waals surface area contributed by atoms with E-state index in [1.54, 1.807) is 0 Å². The summed E-state index contributed by atoms with van der Waals surface area (Å²) < 4.78 is 0. The number of hydrogen-bond acceptors (Lipinski definition) is 2. The molecule has 0 saturated carbocycles. The average molecular weight is 253 g/mol. The summed E-state index contributed by atoms with van der Waals surface area (Å²) in [5.41, 5.74) is 7.15. The summed E-state index contributed by atoms with van der Waals surface area (Å²) in [4.78, 5) is 2.46. The van der Waals surface area contributed by atoms with Gasteiger partial charge in [0.25, 0.3) is 0 Å². The smallest absolute Gasteiger partial charge is 0.0166 e. The van der Waals surface area contributed by atoms with Crippen LogP contribution in [0.25, 0.3) is 6.08 Å². The standard InChI is InChI=1S/C14H20N2.ClH/c15-14-8-11-16(12-9-14)10-4-7-13-5-2-1-3-6-13;/h1-7,14H,8-12,15H2;1H/b7-4+;. The van der Waals surface area contributed by atoms with Crippen LogP contribution in [0.5, 0.6) is 0 Å². The third-order valence-electron chi connectivity index (χ3n) is 3.11. The van der Waals surface area contributed by atoms with E-state index in [4.69, 9.17) is 5.73 Å². The van der Waals surface area contributed by atoms with Crippen molar-refractivity contribution in [1.29, 1.82) is 0 Å². The van der Waals surface area contributed by atoms with Gasteiger partial charge in [-0.3, -0.25) is 4.90 Å². The maximum absolute atomic E-state index is 5.87. The van der Waals surface area contributed by atoms with E-state index >= 15 is 0 Å². The van der Waals surface area contributed by atoms with E-state index in [-0.39, 0.29) is 12.4 Å². The molecule has 0 spiro atoms. The molecule has 1 aliphatic heterocycles. The highest BCUT2D eigenvalue weighted by atomic mass is 35.5. The molecule has 1 aliphatic rings. The second kappa shape index (κ2) is 7.49. The van der Waals surface area contributed by atoms with E-state index < -0.39 is 0 Å². The van der Waals surface area contributed by atoms with Gasteiger partial charge in [0, 0.05) is 12.6 Å². The second-order valence-electron chi connectivity index (χ2n) is 4.45. The minimum absolute atomic E-state index is 0. The monoisotopic (exact) mass is 252 g/mol. The van der Waals surface area contributed by atoms with Crippen LogP contribution in [0.15, 0.2) is 36.4 Å². The van der Waals surface area contributed by atoms with Gasteiger partial charge in [0.05, 0.1) is 0 Å². The van der Waals surface area contributed by atoms with Crippen molar-refractivity contribution in [2.45, 2.75) is 18.9 Å². The third kappa shape index (κ3) is 4.90. The summed E-state index contributed by atoms with van der Waals surface area (Å²) in [7, 11) is 0. The fraction of sp³-hybridized carbons (Fsp3) is 0.429. The van der Waals surface area contributed by atoms with E-state index in [0.717, 1.165) is 32.5 Å². The Bertz CT molecular complexity index is 329. The van der Waals surface area contributed by atoms with Gasteiger partial charge in [0.1, 0.15) is 0 Å². The molecule has 0 aliphatic carbocycles. The fourth-order valence-electron chi connectivity index (χ4n) is 2.04. The topological polar surface area (TPSA) is 29.3 Å². The van der Waals surface area contributed by atoms with Crippen LogP contribution in [-0.2, 0) is 0 Å². The summed E-state index contributed by atoms with van der Waals surface area (Å²) in [5.74, 6) is 0. The first kappa shape index (κ1) is 14.2. The van der Waals surface area contributed by atoms with E-state index in [0.29, 0.717) is 6.04 Å². The van der Waals surface area contributed by atoms with Crippen molar-refractivity contribution in [2.24, 2.45) is 5.73 Å². The largest absolute Gasteiger partial charge is 0.328 e. The molecule has 0 radical (unpaired) electrons. The number of nitrogens with two attached hydrogens (primary N) is 1. The third-order valence-corrected chi connectivity index (χ3v) is 3.11. The molecular formula is C14H21ClN2. The lowest BCUT2D eigenvalue weighted by atomic mass is 10.1. The lowest BCUT2D eigenvalue weighted by molar-refractivity contribution is 0.234. The fourth-order valence-corrected chi connectivity index (χ4v) is 2.04. The number of likely N-dealkylation sites (tertiary alicyclic amines) is 1. The molecule has 17 heavy (non-hydrogen) atoms. The molecule has 2 rings (SSSR count). The summed E-state index contributed by atoms with van der Waals surface area (Å²) >= 11 is 0. The first-order valence-electron chi connectivity index (χ1n) is 6.04. The van der Waals surface area contributed by atoms with Crippen molar-refractivity contribution in [3.8, 4) is 0 Å². The average Bonchev–Trinajstić information content (AvgIpc) is 2.33. The maximum Gasteiger partial charge on any atom is 0.0166 e. The van der Waals surface area contributed by atoms with Gasteiger partial charge in [-0.2, -0.15) is 0 Å². The Morgan fingerprint density at radius 3 is 2.47 bits per heavy atom. The normalized spacial score (nSPS) is 18.2. The van der Waals surface area contributed by atoms with Crippen molar-refractivity contribution in [3.63, 3.8) is 0 Å². The highest BCUT2D eigenvalue weighted by molar-refractivity contribution is 5.85. The van der Waals surface area contributed by atoms with Crippen LogP contribution in [0, 0.1) is 0 Å². The van der Waals surface area contributed by atoms with Crippen molar-refractivity contribution in [1.82, 2.24) is 4.90 Å². The van der Waals surface area contributed by atoms with E-state index in [2.05, 4.69) is 41.3 Å². The summed E-state index contributed by atoms with van der Waals surface area (Å²) in [6, 6.07) is 10.9. The van der Waals surface area contributed by atoms with Crippen molar-refractivity contribution in [2.75, 3.05) is 19.6 Å².